The number of ether oxygens (including phenoxy) is 1. The maximum absolute atomic E-state index is 13.8. The van der Waals surface area contributed by atoms with Gasteiger partial charge in [-0.05, 0) is 18.1 Å². The topological polar surface area (TPSA) is 108 Å². The number of rotatable bonds is 8. The van der Waals surface area contributed by atoms with Crippen LogP contribution in [0.4, 0.5) is 4.39 Å². The summed E-state index contributed by atoms with van der Waals surface area (Å²) < 4.78 is 18.4. The van der Waals surface area contributed by atoms with E-state index in [2.05, 4.69) is 15.4 Å². The Labute approximate surface area is 145 Å². The fraction of sp³-hybridized carbons (Fsp3) is 0.412. The van der Waals surface area contributed by atoms with Gasteiger partial charge in [-0.15, -0.1) is 0 Å². The number of halogens is 1. The molecule has 0 aliphatic carbocycles. The van der Waals surface area contributed by atoms with Crippen LogP contribution in [0, 0.1) is 17.1 Å². The molecule has 0 aromatic heterocycles. The van der Waals surface area contributed by atoms with Gasteiger partial charge >= 0.3 is 5.97 Å². The number of hydrogen-bond acceptors (Lipinski definition) is 5. The van der Waals surface area contributed by atoms with Crippen molar-refractivity contribution in [1.29, 1.82) is 5.26 Å². The van der Waals surface area contributed by atoms with Gasteiger partial charge in [0.1, 0.15) is 17.9 Å². The number of hydrogen-bond donors (Lipinski definition) is 2. The number of nitrogens with one attached hydrogen (secondary N) is 2. The normalized spacial score (nSPS) is 12.4. The van der Waals surface area contributed by atoms with Crippen LogP contribution in [0.15, 0.2) is 24.3 Å². The third kappa shape index (κ3) is 6.59. The lowest BCUT2D eigenvalue weighted by atomic mass is 10.0. The van der Waals surface area contributed by atoms with Gasteiger partial charge in [-0.25, -0.2) is 9.18 Å². The van der Waals surface area contributed by atoms with Gasteiger partial charge in [-0.2, -0.15) is 5.26 Å². The number of carbonyl (C=O) groups excluding carboxylic acids is 3. The summed E-state index contributed by atoms with van der Waals surface area (Å²) in [6.07, 6.45) is 0.0315. The van der Waals surface area contributed by atoms with E-state index in [9.17, 15) is 18.8 Å². The van der Waals surface area contributed by atoms with E-state index in [-0.39, 0.29) is 24.8 Å². The first kappa shape index (κ1) is 20.1. The molecule has 25 heavy (non-hydrogen) atoms. The van der Waals surface area contributed by atoms with Crippen molar-refractivity contribution in [2.24, 2.45) is 0 Å². The second kappa shape index (κ2) is 10.0. The zero-order valence-electron chi connectivity index (χ0n) is 14.0. The highest BCUT2D eigenvalue weighted by molar-refractivity contribution is 5.90. The monoisotopic (exact) mass is 349 g/mol. The van der Waals surface area contributed by atoms with Crippen molar-refractivity contribution in [3.8, 4) is 6.07 Å². The highest BCUT2D eigenvalue weighted by Gasteiger charge is 2.27. The van der Waals surface area contributed by atoms with Gasteiger partial charge in [-0.3, -0.25) is 9.59 Å². The molecule has 0 radical (unpaired) electrons. The van der Waals surface area contributed by atoms with E-state index in [4.69, 9.17) is 5.26 Å². The van der Waals surface area contributed by atoms with Crippen molar-refractivity contribution in [3.05, 3.63) is 35.6 Å². The molecule has 0 bridgehead atoms. The van der Waals surface area contributed by atoms with Gasteiger partial charge in [0.2, 0.25) is 11.8 Å². The Kier molecular flexibility index (Phi) is 8.06. The largest absolute Gasteiger partial charge is 0.467 e. The maximum Gasteiger partial charge on any atom is 0.328 e. The minimum absolute atomic E-state index is 0.0398. The molecule has 0 aliphatic heterocycles. The summed E-state index contributed by atoms with van der Waals surface area (Å²) in [7, 11) is 1.17. The molecule has 0 unspecified atom stereocenters. The average molecular weight is 349 g/mol. The van der Waals surface area contributed by atoms with Crippen molar-refractivity contribution in [2.45, 2.75) is 38.3 Å². The molecule has 2 atom stereocenters. The molecular formula is C17H20FN3O4. The summed E-state index contributed by atoms with van der Waals surface area (Å²) in [5.41, 5.74) is 0.253. The van der Waals surface area contributed by atoms with E-state index in [0.717, 1.165) is 0 Å². The lowest BCUT2D eigenvalue weighted by Crippen LogP contribution is -2.52. The molecule has 8 heteroatoms. The van der Waals surface area contributed by atoms with Crippen LogP contribution in [0.3, 0.4) is 0 Å². The molecule has 2 N–H and O–H groups in total. The van der Waals surface area contributed by atoms with E-state index in [1.165, 1.54) is 32.2 Å². The van der Waals surface area contributed by atoms with Crippen LogP contribution in [-0.2, 0) is 25.5 Å². The van der Waals surface area contributed by atoms with Crippen molar-refractivity contribution < 1.29 is 23.5 Å². The van der Waals surface area contributed by atoms with Crippen LogP contribution in [0.5, 0.6) is 0 Å². The van der Waals surface area contributed by atoms with Crippen LogP contribution >= 0.6 is 0 Å². The third-order valence-corrected chi connectivity index (χ3v) is 3.42. The molecule has 0 fully saturated rings. The third-order valence-electron chi connectivity index (χ3n) is 3.42. The Morgan fingerprint density at radius 3 is 2.48 bits per heavy atom. The number of carbonyl (C=O) groups is 3. The number of nitriles is 1. The van der Waals surface area contributed by atoms with Gasteiger partial charge in [0.25, 0.3) is 0 Å². The van der Waals surface area contributed by atoms with Crippen molar-refractivity contribution >= 4 is 17.8 Å². The Morgan fingerprint density at radius 2 is 1.92 bits per heavy atom. The highest BCUT2D eigenvalue weighted by Crippen LogP contribution is 2.10. The summed E-state index contributed by atoms with van der Waals surface area (Å²) in [5, 5.41) is 13.5. The number of methoxy groups -OCH3 is 1. The van der Waals surface area contributed by atoms with Gasteiger partial charge in [0, 0.05) is 19.8 Å². The molecule has 0 heterocycles. The van der Waals surface area contributed by atoms with E-state index in [0.29, 0.717) is 0 Å². The number of esters is 1. The van der Waals surface area contributed by atoms with E-state index < -0.39 is 35.7 Å². The predicted octanol–water partition coefficient (Wildman–Crippen LogP) is 0.834. The molecule has 134 valence electrons. The van der Waals surface area contributed by atoms with E-state index in [1.54, 1.807) is 6.07 Å². The lowest BCUT2D eigenvalue weighted by molar-refractivity contribution is -0.145. The average Bonchev–Trinajstić information content (AvgIpc) is 2.58. The van der Waals surface area contributed by atoms with Crippen molar-refractivity contribution in [3.63, 3.8) is 0 Å². The lowest BCUT2D eigenvalue weighted by Gasteiger charge is -2.21. The van der Waals surface area contributed by atoms with Gasteiger partial charge in [0.15, 0.2) is 0 Å². The second-order valence-electron chi connectivity index (χ2n) is 5.33. The summed E-state index contributed by atoms with van der Waals surface area (Å²) >= 11 is 0. The zero-order chi connectivity index (χ0) is 18.8. The standard InChI is InChI=1S/C17H20FN3O4/c1-11(22)20-15(10-12-6-3-4-7-13(12)18)16(23)21-14(8-5-9-19)17(24)25-2/h3-4,6-7,14-15H,5,8,10H2,1-2H3,(H,20,22)(H,21,23)/t14-,15+/m1/s1. The van der Waals surface area contributed by atoms with Crippen LogP contribution < -0.4 is 10.6 Å². The Morgan fingerprint density at radius 1 is 1.24 bits per heavy atom. The van der Waals surface area contributed by atoms with E-state index >= 15 is 0 Å². The molecule has 1 rings (SSSR count). The summed E-state index contributed by atoms with van der Waals surface area (Å²) in [5.74, 6) is -2.33. The van der Waals surface area contributed by atoms with Crippen LogP contribution in [-0.4, -0.2) is 37.0 Å². The SMILES string of the molecule is COC(=O)[C@@H](CCC#N)NC(=O)[C@H](Cc1ccccc1F)NC(C)=O. The molecule has 0 aliphatic rings. The zero-order valence-corrected chi connectivity index (χ0v) is 14.0. The first-order chi connectivity index (χ1) is 11.9. The number of nitrogens with zero attached hydrogens (tertiary/aromatic N) is 1. The summed E-state index contributed by atoms with van der Waals surface area (Å²) in [4.78, 5) is 35.5. The summed E-state index contributed by atoms with van der Waals surface area (Å²) in [6, 6.07) is 5.68. The quantitative estimate of drug-likeness (QED) is 0.676. The van der Waals surface area contributed by atoms with Crippen LogP contribution in [0.25, 0.3) is 0 Å². The van der Waals surface area contributed by atoms with Crippen molar-refractivity contribution in [1.82, 2.24) is 10.6 Å². The van der Waals surface area contributed by atoms with Gasteiger partial charge < -0.3 is 15.4 Å². The van der Waals surface area contributed by atoms with Gasteiger partial charge in [0.05, 0.1) is 13.2 Å². The van der Waals surface area contributed by atoms with Gasteiger partial charge in [-0.1, -0.05) is 18.2 Å². The minimum atomic E-state index is -1.07. The predicted molar refractivity (Wildman–Crippen MR) is 86.5 cm³/mol. The smallest absolute Gasteiger partial charge is 0.328 e. The molecule has 0 saturated carbocycles. The number of amides is 2. The van der Waals surface area contributed by atoms with Crippen LogP contribution in [0.1, 0.15) is 25.3 Å². The molecule has 7 nitrogen and oxygen atoms in total. The molecule has 1 aromatic carbocycles. The molecular weight excluding hydrogens is 329 g/mol. The van der Waals surface area contributed by atoms with Crippen LogP contribution in [0.2, 0.25) is 0 Å². The number of benzene rings is 1. The fourth-order valence-electron chi connectivity index (χ4n) is 2.21. The van der Waals surface area contributed by atoms with E-state index in [1.807, 2.05) is 6.07 Å². The van der Waals surface area contributed by atoms with Crippen molar-refractivity contribution in [2.75, 3.05) is 7.11 Å². The molecule has 2 amide bonds. The first-order valence-electron chi connectivity index (χ1n) is 7.64. The molecule has 1 aromatic rings. The molecule has 0 saturated heterocycles. The Hall–Kier alpha value is -2.95. The Bertz CT molecular complexity index is 672. The maximum atomic E-state index is 13.8. The first-order valence-corrected chi connectivity index (χ1v) is 7.64. The molecule has 0 spiro atoms. The minimum Gasteiger partial charge on any atom is -0.467 e. The fourth-order valence-corrected chi connectivity index (χ4v) is 2.21. The second-order valence-corrected chi connectivity index (χ2v) is 5.33. The summed E-state index contributed by atoms with van der Waals surface area (Å²) in [6.45, 7) is 1.23. The Balaban J connectivity index is 2.91. The highest BCUT2D eigenvalue weighted by atomic mass is 19.1.